The average Bonchev–Trinajstić information content (AvgIpc) is 2.91. The van der Waals surface area contributed by atoms with E-state index >= 15 is 0 Å². The second-order valence-electron chi connectivity index (χ2n) is 6.35. The standard InChI is InChI=1S/C18H20ClN5O3/c1-13-5-2-6-14(19)16(13)21-18(25)23-10-4-9-22(11-12-23)17-15(24(26)27)7-3-8-20-17/h2-3,5-8H,4,9-12H2,1H3,(H,21,25)/p+1. The fraction of sp³-hybridized carbons (Fsp3) is 0.333. The Morgan fingerprint density at radius 2 is 2.04 bits per heavy atom. The van der Waals surface area contributed by atoms with Crippen molar-refractivity contribution in [3.8, 4) is 0 Å². The molecule has 3 rings (SSSR count). The number of rotatable bonds is 3. The maximum atomic E-state index is 12.7. The lowest BCUT2D eigenvalue weighted by molar-refractivity contribution is -0.411. The van der Waals surface area contributed by atoms with Gasteiger partial charge in [-0.1, -0.05) is 23.7 Å². The molecular weight excluding hydrogens is 370 g/mol. The number of anilines is 2. The van der Waals surface area contributed by atoms with Gasteiger partial charge in [0, 0.05) is 19.0 Å². The molecule has 27 heavy (non-hydrogen) atoms. The summed E-state index contributed by atoms with van der Waals surface area (Å²) in [5.41, 5.74) is 1.53. The summed E-state index contributed by atoms with van der Waals surface area (Å²) in [5.74, 6) is 0.465. The molecule has 0 atom stereocenters. The van der Waals surface area contributed by atoms with Crippen molar-refractivity contribution in [2.24, 2.45) is 0 Å². The molecule has 0 unspecified atom stereocenters. The number of nitrogens with zero attached hydrogens (tertiary/aromatic N) is 3. The van der Waals surface area contributed by atoms with E-state index in [1.165, 1.54) is 6.07 Å². The van der Waals surface area contributed by atoms with Crippen LogP contribution in [0.5, 0.6) is 0 Å². The molecule has 1 fully saturated rings. The van der Waals surface area contributed by atoms with Crippen LogP contribution in [-0.2, 0) is 0 Å². The van der Waals surface area contributed by atoms with E-state index in [2.05, 4.69) is 10.3 Å². The van der Waals surface area contributed by atoms with Crippen LogP contribution in [0.3, 0.4) is 0 Å². The number of halogens is 1. The van der Waals surface area contributed by atoms with Crippen LogP contribution in [0.2, 0.25) is 5.02 Å². The summed E-state index contributed by atoms with van der Waals surface area (Å²) < 4.78 is 0. The first-order valence-corrected chi connectivity index (χ1v) is 9.06. The molecule has 2 N–H and O–H groups in total. The topological polar surface area (TPSA) is 92.9 Å². The fourth-order valence-electron chi connectivity index (χ4n) is 3.14. The number of carbonyl (C=O) groups excluding carboxylic acids is 1. The van der Waals surface area contributed by atoms with Crippen LogP contribution in [0.15, 0.2) is 36.5 Å². The van der Waals surface area contributed by atoms with Crippen molar-refractivity contribution in [3.63, 3.8) is 0 Å². The zero-order chi connectivity index (χ0) is 19.4. The molecule has 1 aromatic carbocycles. The Morgan fingerprint density at radius 1 is 1.22 bits per heavy atom. The third kappa shape index (κ3) is 4.28. The van der Waals surface area contributed by atoms with Crippen LogP contribution in [0.4, 0.5) is 22.0 Å². The number of benzene rings is 1. The normalized spacial score (nSPS) is 14.6. The number of H-pyrrole nitrogens is 1. The highest BCUT2D eigenvalue weighted by Crippen LogP contribution is 2.26. The predicted octanol–water partition coefficient (Wildman–Crippen LogP) is 3.11. The SMILES string of the molecule is Cc1cccc(Cl)c1NC(=O)N1CCCN(c2[nH+]cccc2[N+](=O)[O-])CC1. The number of carbonyl (C=O) groups is 1. The van der Waals surface area contributed by atoms with Gasteiger partial charge in [0.2, 0.25) is 0 Å². The van der Waals surface area contributed by atoms with Gasteiger partial charge in [-0.15, -0.1) is 0 Å². The van der Waals surface area contributed by atoms with Gasteiger partial charge >= 0.3 is 17.5 Å². The van der Waals surface area contributed by atoms with Gasteiger partial charge in [-0.3, -0.25) is 15.0 Å². The van der Waals surface area contributed by atoms with Gasteiger partial charge in [-0.05, 0) is 24.6 Å². The van der Waals surface area contributed by atoms with Crippen LogP contribution in [0.25, 0.3) is 0 Å². The number of nitro groups is 1. The summed E-state index contributed by atoms with van der Waals surface area (Å²) >= 11 is 6.19. The van der Waals surface area contributed by atoms with Crippen molar-refractivity contribution in [1.29, 1.82) is 0 Å². The monoisotopic (exact) mass is 390 g/mol. The Bertz CT molecular complexity index is 840. The molecule has 142 valence electrons. The minimum absolute atomic E-state index is 0.0297. The van der Waals surface area contributed by atoms with Crippen molar-refractivity contribution >= 4 is 34.8 Å². The van der Waals surface area contributed by atoms with Crippen molar-refractivity contribution in [3.05, 3.63) is 57.2 Å². The summed E-state index contributed by atoms with van der Waals surface area (Å²) in [6.45, 7) is 4.02. The third-order valence-corrected chi connectivity index (χ3v) is 4.88. The molecule has 1 aromatic heterocycles. The van der Waals surface area contributed by atoms with E-state index in [0.717, 1.165) is 5.56 Å². The Morgan fingerprint density at radius 3 is 2.78 bits per heavy atom. The maximum Gasteiger partial charge on any atom is 0.357 e. The summed E-state index contributed by atoms with van der Waals surface area (Å²) in [6.07, 6.45) is 2.37. The average molecular weight is 391 g/mol. The summed E-state index contributed by atoms with van der Waals surface area (Å²) in [4.78, 5) is 30.1. The molecule has 0 bridgehead atoms. The number of aromatic nitrogens is 1. The molecule has 0 saturated carbocycles. The molecule has 1 aliphatic heterocycles. The lowest BCUT2D eigenvalue weighted by atomic mass is 10.2. The molecule has 9 heteroatoms. The fourth-order valence-corrected chi connectivity index (χ4v) is 3.41. The van der Waals surface area contributed by atoms with Crippen LogP contribution in [0, 0.1) is 17.0 Å². The van der Waals surface area contributed by atoms with Crippen LogP contribution >= 0.6 is 11.6 Å². The van der Waals surface area contributed by atoms with E-state index in [4.69, 9.17) is 11.6 Å². The van der Waals surface area contributed by atoms with E-state index in [1.807, 2.05) is 24.0 Å². The first-order valence-electron chi connectivity index (χ1n) is 8.68. The number of para-hydroxylation sites is 1. The first-order chi connectivity index (χ1) is 13.0. The number of hydrogen-bond acceptors (Lipinski definition) is 4. The smallest absolute Gasteiger partial charge is 0.320 e. The number of aryl methyl sites for hydroxylation is 1. The molecule has 1 aliphatic rings. The minimum atomic E-state index is -0.401. The Kier molecular flexibility index (Phi) is 5.75. The summed E-state index contributed by atoms with van der Waals surface area (Å²) in [6, 6.07) is 8.31. The zero-order valence-electron chi connectivity index (χ0n) is 14.9. The van der Waals surface area contributed by atoms with Gasteiger partial charge in [0.05, 0.1) is 34.9 Å². The molecule has 1 saturated heterocycles. The predicted molar refractivity (Wildman–Crippen MR) is 103 cm³/mol. The van der Waals surface area contributed by atoms with E-state index in [-0.39, 0.29) is 11.7 Å². The summed E-state index contributed by atoms with van der Waals surface area (Å²) in [7, 11) is 0. The largest absolute Gasteiger partial charge is 0.357 e. The number of hydrogen-bond donors (Lipinski definition) is 1. The van der Waals surface area contributed by atoms with Crippen molar-refractivity contribution in [2.45, 2.75) is 13.3 Å². The zero-order valence-corrected chi connectivity index (χ0v) is 15.7. The molecule has 0 radical (unpaired) electrons. The van der Waals surface area contributed by atoms with Gasteiger partial charge in [-0.2, -0.15) is 0 Å². The molecule has 2 amide bonds. The first kappa shape index (κ1) is 18.9. The van der Waals surface area contributed by atoms with Gasteiger partial charge in [0.1, 0.15) is 6.54 Å². The number of amides is 2. The lowest BCUT2D eigenvalue weighted by Gasteiger charge is -2.21. The van der Waals surface area contributed by atoms with Gasteiger partial charge in [0.25, 0.3) is 0 Å². The Hall–Kier alpha value is -2.87. The highest BCUT2D eigenvalue weighted by atomic mass is 35.5. The van der Waals surface area contributed by atoms with Crippen LogP contribution in [0.1, 0.15) is 12.0 Å². The van der Waals surface area contributed by atoms with Crippen molar-refractivity contribution < 1.29 is 14.7 Å². The lowest BCUT2D eigenvalue weighted by Crippen LogP contribution is -2.39. The van der Waals surface area contributed by atoms with E-state index in [9.17, 15) is 14.9 Å². The van der Waals surface area contributed by atoms with Gasteiger partial charge in [0.15, 0.2) is 0 Å². The maximum absolute atomic E-state index is 12.7. The summed E-state index contributed by atoms with van der Waals surface area (Å²) in [5, 5.41) is 14.6. The van der Waals surface area contributed by atoms with E-state index < -0.39 is 4.92 Å². The molecule has 2 aromatic rings. The van der Waals surface area contributed by atoms with E-state index in [1.54, 1.807) is 23.2 Å². The molecule has 8 nitrogen and oxygen atoms in total. The van der Waals surface area contributed by atoms with Gasteiger partial charge < -0.3 is 10.2 Å². The number of pyridine rings is 1. The second-order valence-corrected chi connectivity index (χ2v) is 6.76. The number of nitrogens with one attached hydrogen (secondary N) is 2. The highest BCUT2D eigenvalue weighted by Gasteiger charge is 2.30. The number of urea groups is 1. The van der Waals surface area contributed by atoms with Crippen LogP contribution in [-0.4, -0.2) is 42.0 Å². The van der Waals surface area contributed by atoms with Crippen molar-refractivity contribution in [2.75, 3.05) is 36.4 Å². The molecule has 0 aliphatic carbocycles. The van der Waals surface area contributed by atoms with Crippen LogP contribution < -0.4 is 15.2 Å². The number of aromatic amines is 1. The quantitative estimate of drug-likeness (QED) is 0.643. The highest BCUT2D eigenvalue weighted by molar-refractivity contribution is 6.33. The van der Waals surface area contributed by atoms with E-state index in [0.29, 0.717) is 49.1 Å². The third-order valence-electron chi connectivity index (χ3n) is 4.56. The molecular formula is C18H21ClN5O3+. The van der Waals surface area contributed by atoms with Gasteiger partial charge in [-0.25, -0.2) is 9.78 Å². The minimum Gasteiger partial charge on any atom is -0.320 e. The Balaban J connectivity index is 1.70. The second kappa shape index (κ2) is 8.22. The Labute approximate surface area is 161 Å². The molecule has 2 heterocycles. The van der Waals surface area contributed by atoms with Crippen molar-refractivity contribution in [1.82, 2.24) is 4.90 Å². The molecule has 0 spiro atoms.